The van der Waals surface area contributed by atoms with E-state index in [2.05, 4.69) is 28.6 Å². The van der Waals surface area contributed by atoms with Crippen molar-refractivity contribution >= 4 is 29.1 Å². The number of carbonyl (C=O) groups excluding carboxylic acids is 1. The quantitative estimate of drug-likeness (QED) is 0.565. The van der Waals surface area contributed by atoms with Gasteiger partial charge in [0.05, 0.1) is 5.56 Å². The summed E-state index contributed by atoms with van der Waals surface area (Å²) in [7, 11) is 0. The molecule has 0 aliphatic carbocycles. The largest absolute Gasteiger partial charge is 0.478 e. The zero-order valence-corrected chi connectivity index (χ0v) is 19.6. The van der Waals surface area contributed by atoms with E-state index in [0.29, 0.717) is 18.0 Å². The van der Waals surface area contributed by atoms with Crippen molar-refractivity contribution in [3.63, 3.8) is 0 Å². The van der Waals surface area contributed by atoms with Crippen molar-refractivity contribution in [2.75, 3.05) is 47.4 Å². The van der Waals surface area contributed by atoms with E-state index in [1.807, 2.05) is 59.5 Å². The maximum atomic E-state index is 13.3. The van der Waals surface area contributed by atoms with Crippen molar-refractivity contribution in [2.45, 2.75) is 13.8 Å². The van der Waals surface area contributed by atoms with E-state index >= 15 is 0 Å². The highest BCUT2D eigenvalue weighted by Gasteiger charge is 2.21. The number of hydrogen-bond donors (Lipinski definition) is 1. The van der Waals surface area contributed by atoms with Crippen molar-refractivity contribution in [1.82, 2.24) is 4.98 Å². The van der Waals surface area contributed by atoms with Crippen LogP contribution >= 0.6 is 0 Å². The second kappa shape index (κ2) is 10.4. The second-order valence-corrected chi connectivity index (χ2v) is 8.88. The van der Waals surface area contributed by atoms with Gasteiger partial charge in [0.25, 0.3) is 5.91 Å². The summed E-state index contributed by atoms with van der Waals surface area (Å²) in [6.07, 6.45) is 1.40. The Hall–Kier alpha value is -3.87. The number of amides is 1. The highest BCUT2D eigenvalue weighted by molar-refractivity contribution is 6.06. The first kappa shape index (κ1) is 23.3. The third-order valence-corrected chi connectivity index (χ3v) is 5.94. The van der Waals surface area contributed by atoms with Crippen molar-refractivity contribution in [1.29, 1.82) is 0 Å². The van der Waals surface area contributed by atoms with Gasteiger partial charge in [0.1, 0.15) is 5.82 Å². The zero-order chi connectivity index (χ0) is 24.1. The van der Waals surface area contributed by atoms with Crippen LogP contribution in [0.5, 0.6) is 0 Å². The van der Waals surface area contributed by atoms with Gasteiger partial charge in [-0.05, 0) is 54.4 Å². The van der Waals surface area contributed by atoms with Gasteiger partial charge in [0.2, 0.25) is 0 Å². The van der Waals surface area contributed by atoms with Gasteiger partial charge in [-0.3, -0.25) is 4.79 Å². The van der Waals surface area contributed by atoms with Gasteiger partial charge < -0.3 is 19.8 Å². The Morgan fingerprint density at radius 1 is 0.882 bits per heavy atom. The molecule has 0 bridgehead atoms. The lowest BCUT2D eigenvalue weighted by Crippen LogP contribution is -2.46. The van der Waals surface area contributed by atoms with Crippen molar-refractivity contribution in [3.8, 4) is 0 Å². The standard InChI is InChI=1S/C27H30N4O3/c1-20(2)19-31(24-6-4-3-5-7-24)26(32)21-8-11-23(12-9-21)29-14-16-30(17-15-29)25-13-10-22(18-28-25)27(33)34/h3-13,18,20H,14-17,19H2,1-2H3,(H,33,34). The lowest BCUT2D eigenvalue weighted by atomic mass is 10.1. The van der Waals surface area contributed by atoms with E-state index in [-0.39, 0.29) is 11.5 Å². The number of carboxylic acid groups (broad SMARTS) is 1. The molecule has 1 amide bonds. The van der Waals surface area contributed by atoms with Crippen molar-refractivity contribution in [3.05, 3.63) is 84.1 Å². The van der Waals surface area contributed by atoms with Crippen molar-refractivity contribution < 1.29 is 14.7 Å². The number of anilines is 3. The van der Waals surface area contributed by atoms with Gasteiger partial charge in [-0.2, -0.15) is 0 Å². The van der Waals surface area contributed by atoms with E-state index in [1.165, 1.54) is 6.20 Å². The van der Waals surface area contributed by atoms with Crippen LogP contribution in [-0.4, -0.2) is 54.7 Å². The predicted molar refractivity (Wildman–Crippen MR) is 135 cm³/mol. The molecule has 1 saturated heterocycles. The van der Waals surface area contributed by atoms with Crippen molar-refractivity contribution in [2.24, 2.45) is 5.92 Å². The van der Waals surface area contributed by atoms with Crippen LogP contribution in [0.1, 0.15) is 34.6 Å². The molecule has 0 atom stereocenters. The van der Waals surface area contributed by atoms with Gasteiger partial charge in [-0.1, -0.05) is 32.0 Å². The number of carboxylic acids is 1. The first-order valence-corrected chi connectivity index (χ1v) is 11.6. The fraction of sp³-hybridized carbons (Fsp3) is 0.296. The van der Waals surface area contributed by atoms with Crippen LogP contribution in [0, 0.1) is 5.92 Å². The number of aromatic nitrogens is 1. The highest BCUT2D eigenvalue weighted by atomic mass is 16.4. The molecule has 34 heavy (non-hydrogen) atoms. The normalized spacial score (nSPS) is 13.7. The molecule has 0 saturated carbocycles. The van der Waals surface area contributed by atoms with E-state index < -0.39 is 5.97 Å². The van der Waals surface area contributed by atoms with E-state index in [9.17, 15) is 9.59 Å². The SMILES string of the molecule is CC(C)CN(C(=O)c1ccc(N2CCN(c3ccc(C(=O)O)cn3)CC2)cc1)c1ccccc1. The number of pyridine rings is 1. The number of benzene rings is 2. The Morgan fingerprint density at radius 3 is 2.06 bits per heavy atom. The molecule has 4 rings (SSSR count). The average molecular weight is 459 g/mol. The third kappa shape index (κ3) is 5.36. The minimum Gasteiger partial charge on any atom is -0.478 e. The third-order valence-electron chi connectivity index (χ3n) is 5.94. The molecule has 1 N–H and O–H groups in total. The molecule has 1 aliphatic rings. The molecule has 7 heteroatoms. The molecular weight excluding hydrogens is 428 g/mol. The molecule has 176 valence electrons. The number of nitrogens with zero attached hydrogens (tertiary/aromatic N) is 4. The first-order valence-electron chi connectivity index (χ1n) is 11.6. The monoisotopic (exact) mass is 458 g/mol. The van der Waals surface area contributed by atoms with Gasteiger partial charge in [-0.25, -0.2) is 9.78 Å². The van der Waals surface area contributed by atoms with E-state index in [1.54, 1.807) is 12.1 Å². The number of aromatic carboxylic acids is 1. The Balaban J connectivity index is 1.40. The molecular formula is C27H30N4O3. The molecule has 2 heterocycles. The van der Waals surface area contributed by atoms with E-state index in [4.69, 9.17) is 5.11 Å². The van der Waals surface area contributed by atoms with Gasteiger partial charge in [0.15, 0.2) is 0 Å². The molecule has 1 aliphatic heterocycles. The number of rotatable bonds is 7. The number of para-hydroxylation sites is 1. The van der Waals surface area contributed by atoms with Gasteiger partial charge >= 0.3 is 5.97 Å². The Bertz CT molecular complexity index is 1110. The zero-order valence-electron chi connectivity index (χ0n) is 19.6. The van der Waals surface area contributed by atoms with Crippen LogP contribution in [0.4, 0.5) is 17.2 Å². The molecule has 0 unspecified atom stereocenters. The van der Waals surface area contributed by atoms with Crippen LogP contribution in [-0.2, 0) is 0 Å². The Kier molecular flexibility index (Phi) is 7.11. The summed E-state index contributed by atoms with van der Waals surface area (Å²) in [5.41, 5.74) is 2.86. The van der Waals surface area contributed by atoms with Crippen LogP contribution in [0.15, 0.2) is 72.9 Å². The summed E-state index contributed by atoms with van der Waals surface area (Å²) < 4.78 is 0. The summed E-state index contributed by atoms with van der Waals surface area (Å²) in [6, 6.07) is 21.0. The van der Waals surface area contributed by atoms with E-state index in [0.717, 1.165) is 43.4 Å². The summed E-state index contributed by atoms with van der Waals surface area (Å²) in [5, 5.41) is 9.04. The maximum absolute atomic E-state index is 13.3. The fourth-order valence-electron chi connectivity index (χ4n) is 4.14. The van der Waals surface area contributed by atoms with Crippen LogP contribution < -0.4 is 14.7 Å². The molecule has 2 aromatic carbocycles. The van der Waals surface area contributed by atoms with Gasteiger partial charge in [-0.15, -0.1) is 0 Å². The summed E-state index contributed by atoms with van der Waals surface area (Å²) >= 11 is 0. The molecule has 1 aromatic heterocycles. The highest BCUT2D eigenvalue weighted by Crippen LogP contribution is 2.23. The molecule has 3 aromatic rings. The topological polar surface area (TPSA) is 77.0 Å². The smallest absolute Gasteiger partial charge is 0.337 e. The summed E-state index contributed by atoms with van der Waals surface area (Å²) in [5.74, 6) is 0.181. The number of carbonyl (C=O) groups is 2. The summed E-state index contributed by atoms with van der Waals surface area (Å²) in [4.78, 5) is 34.9. The Labute approximate surface area is 200 Å². The molecule has 0 spiro atoms. The predicted octanol–water partition coefficient (Wildman–Crippen LogP) is 4.41. The maximum Gasteiger partial charge on any atom is 0.337 e. The minimum atomic E-state index is -0.970. The van der Waals surface area contributed by atoms with Crippen LogP contribution in [0.25, 0.3) is 0 Å². The van der Waals surface area contributed by atoms with Gasteiger partial charge in [0, 0.05) is 55.9 Å². The molecule has 1 fully saturated rings. The number of piperazine rings is 1. The second-order valence-electron chi connectivity index (χ2n) is 8.88. The lowest BCUT2D eigenvalue weighted by molar-refractivity contribution is 0.0696. The summed E-state index contributed by atoms with van der Waals surface area (Å²) in [6.45, 7) is 8.10. The molecule has 7 nitrogen and oxygen atoms in total. The first-order chi connectivity index (χ1) is 16.4. The average Bonchev–Trinajstić information content (AvgIpc) is 2.87. The van der Waals surface area contributed by atoms with Crippen LogP contribution in [0.2, 0.25) is 0 Å². The lowest BCUT2D eigenvalue weighted by Gasteiger charge is -2.36. The Morgan fingerprint density at radius 2 is 1.50 bits per heavy atom. The van der Waals surface area contributed by atoms with Crippen LogP contribution in [0.3, 0.4) is 0 Å². The molecule has 0 radical (unpaired) electrons. The minimum absolute atomic E-state index is 0.00662. The number of hydrogen-bond acceptors (Lipinski definition) is 5. The fourth-order valence-corrected chi connectivity index (χ4v) is 4.14.